The van der Waals surface area contributed by atoms with E-state index in [0.717, 1.165) is 6.26 Å². The van der Waals surface area contributed by atoms with E-state index >= 15 is 0 Å². The van der Waals surface area contributed by atoms with E-state index in [-0.39, 0.29) is 12.3 Å². The average molecular weight is 323 g/mol. The number of rotatable bonds is 7. The molecule has 0 fully saturated rings. The van der Waals surface area contributed by atoms with Crippen LogP contribution in [0.1, 0.15) is 12.5 Å². The fraction of sp³-hybridized carbons (Fsp3) is 0.455. The van der Waals surface area contributed by atoms with Crippen LogP contribution in [0.4, 0.5) is 5.69 Å². The van der Waals surface area contributed by atoms with Crippen molar-refractivity contribution in [2.24, 2.45) is 0 Å². The lowest BCUT2D eigenvalue weighted by molar-refractivity contribution is 0.267. The van der Waals surface area contributed by atoms with Crippen LogP contribution in [-0.4, -0.2) is 39.9 Å². The van der Waals surface area contributed by atoms with Crippen molar-refractivity contribution in [1.29, 1.82) is 0 Å². The topological polar surface area (TPSA) is 110 Å². The number of aliphatic hydroxyl groups is 1. The van der Waals surface area contributed by atoms with Crippen molar-refractivity contribution >= 4 is 25.5 Å². The highest BCUT2D eigenvalue weighted by molar-refractivity contribution is 8.08. The number of hydrogen-bond donors (Lipinski definition) is 2. The molecule has 0 bridgehead atoms. The van der Waals surface area contributed by atoms with E-state index in [1.165, 1.54) is 18.2 Å². The molecule has 0 heterocycles. The zero-order valence-electron chi connectivity index (χ0n) is 11.2. The third-order valence-electron chi connectivity index (χ3n) is 2.17. The number of ether oxygens (including phenoxy) is 1. The van der Waals surface area contributed by atoms with E-state index in [9.17, 15) is 21.9 Å². The van der Waals surface area contributed by atoms with Gasteiger partial charge in [0.25, 0.3) is 0 Å². The Morgan fingerprint density at radius 3 is 2.40 bits per heavy atom. The first-order valence-corrected chi connectivity index (χ1v) is 9.43. The van der Waals surface area contributed by atoms with Crippen molar-refractivity contribution in [3.8, 4) is 5.75 Å². The van der Waals surface area contributed by atoms with Gasteiger partial charge in [0, 0.05) is 17.5 Å². The van der Waals surface area contributed by atoms with Crippen molar-refractivity contribution < 1.29 is 26.7 Å². The first-order chi connectivity index (χ1) is 9.17. The highest BCUT2D eigenvalue weighted by atomic mass is 32.3. The zero-order valence-corrected chi connectivity index (χ0v) is 12.8. The van der Waals surface area contributed by atoms with Gasteiger partial charge in [-0.2, -0.15) is 0 Å². The molecule has 20 heavy (non-hydrogen) atoms. The minimum absolute atomic E-state index is 0.168. The quantitative estimate of drug-likeness (QED) is 0.748. The molecule has 0 aliphatic heterocycles. The second kappa shape index (κ2) is 6.42. The van der Waals surface area contributed by atoms with Crippen LogP contribution in [0.2, 0.25) is 0 Å². The van der Waals surface area contributed by atoms with Crippen LogP contribution in [0, 0.1) is 0 Å². The van der Waals surface area contributed by atoms with Gasteiger partial charge in [0.15, 0.2) is 14.9 Å². The summed E-state index contributed by atoms with van der Waals surface area (Å²) in [7, 11) is -7.66. The maximum Gasteiger partial charge on any atom is 0.247 e. The van der Waals surface area contributed by atoms with Gasteiger partial charge in [-0.05, 0) is 25.1 Å². The second-order valence-electron chi connectivity index (χ2n) is 4.17. The van der Waals surface area contributed by atoms with Gasteiger partial charge in [-0.1, -0.05) is 0 Å². The molecule has 1 aromatic carbocycles. The summed E-state index contributed by atoms with van der Waals surface area (Å²) in [6.07, 6.45) is 0.837. The predicted octanol–water partition coefficient (Wildman–Crippen LogP) is 0.321. The Labute approximate surface area is 118 Å². The summed E-state index contributed by atoms with van der Waals surface area (Å²) in [6, 6.07) is 4.34. The monoisotopic (exact) mass is 323 g/mol. The number of anilines is 1. The van der Waals surface area contributed by atoms with Crippen LogP contribution in [0.5, 0.6) is 5.75 Å². The van der Waals surface area contributed by atoms with E-state index in [1.54, 1.807) is 6.92 Å². The molecule has 0 amide bonds. The molecule has 2 N–H and O–H groups in total. The van der Waals surface area contributed by atoms with E-state index in [4.69, 9.17) is 4.74 Å². The molecule has 0 unspecified atom stereocenters. The van der Waals surface area contributed by atoms with Crippen molar-refractivity contribution in [1.82, 2.24) is 0 Å². The molecule has 0 aliphatic rings. The fourth-order valence-electron chi connectivity index (χ4n) is 1.55. The Bertz CT molecular complexity index is 666. The fourth-order valence-corrected chi connectivity index (χ4v) is 4.53. The lowest BCUT2D eigenvalue weighted by Crippen LogP contribution is -2.22. The molecule has 1 rings (SSSR count). The van der Waals surface area contributed by atoms with Gasteiger partial charge in [0.05, 0.1) is 13.2 Å². The molecule has 9 heteroatoms. The maximum atomic E-state index is 11.6. The Morgan fingerprint density at radius 1 is 1.25 bits per heavy atom. The predicted molar refractivity (Wildman–Crippen MR) is 75.8 cm³/mol. The van der Waals surface area contributed by atoms with Crippen LogP contribution in [0.15, 0.2) is 18.2 Å². The van der Waals surface area contributed by atoms with Crippen LogP contribution in [0.25, 0.3) is 0 Å². The second-order valence-corrected chi connectivity index (χ2v) is 8.40. The summed E-state index contributed by atoms with van der Waals surface area (Å²) in [5, 5.41) is 8.20. The molecule has 0 aliphatic carbocycles. The van der Waals surface area contributed by atoms with Gasteiger partial charge in [0.1, 0.15) is 5.75 Å². The third-order valence-corrected chi connectivity index (χ3v) is 5.67. The minimum Gasteiger partial charge on any atom is -0.494 e. The largest absolute Gasteiger partial charge is 0.494 e. The molecular formula is C11H17NO6S2. The molecule has 0 spiro atoms. The number of nitrogens with one attached hydrogen (secondary N) is 1. The van der Waals surface area contributed by atoms with Crippen molar-refractivity contribution in [2.45, 2.75) is 13.5 Å². The van der Waals surface area contributed by atoms with Gasteiger partial charge in [-0.3, -0.25) is 4.72 Å². The third kappa shape index (κ3) is 5.35. The Hall–Kier alpha value is -1.32. The molecule has 0 saturated carbocycles. The highest BCUT2D eigenvalue weighted by Crippen LogP contribution is 2.23. The van der Waals surface area contributed by atoms with Crippen molar-refractivity contribution in [2.75, 3.05) is 22.7 Å². The Balaban J connectivity index is 2.99. The molecule has 0 saturated heterocycles. The molecule has 0 aromatic heterocycles. The van der Waals surface area contributed by atoms with Crippen LogP contribution < -0.4 is 9.46 Å². The van der Waals surface area contributed by atoms with Crippen LogP contribution >= 0.6 is 0 Å². The van der Waals surface area contributed by atoms with Gasteiger partial charge in [0.2, 0.25) is 10.0 Å². The minimum atomic E-state index is -4.00. The van der Waals surface area contributed by atoms with Crippen molar-refractivity contribution in [3.05, 3.63) is 23.8 Å². The summed E-state index contributed by atoms with van der Waals surface area (Å²) >= 11 is 0. The molecule has 7 nitrogen and oxygen atoms in total. The number of aliphatic hydroxyl groups excluding tert-OH is 1. The maximum absolute atomic E-state index is 11.6. The number of benzene rings is 1. The first-order valence-electron chi connectivity index (χ1n) is 5.71. The highest BCUT2D eigenvalue weighted by Gasteiger charge is 2.18. The standard InChI is InChI=1S/C11H17NO6S2/c1-3-18-11-5-4-10(6-9(11)7-13)12-20(16,17)8-19(2,14)15/h4-6,12-13H,3,7-8H2,1-2H3. The molecule has 1 aromatic rings. The van der Waals surface area contributed by atoms with Gasteiger partial charge < -0.3 is 9.84 Å². The summed E-state index contributed by atoms with van der Waals surface area (Å²) in [5.74, 6) is 0.445. The molecular weight excluding hydrogens is 306 g/mol. The molecule has 0 atom stereocenters. The Kier molecular flexibility index (Phi) is 5.37. The van der Waals surface area contributed by atoms with E-state index in [1.807, 2.05) is 0 Å². The zero-order chi connectivity index (χ0) is 15.4. The smallest absolute Gasteiger partial charge is 0.247 e. The number of sulfonamides is 1. The average Bonchev–Trinajstić information content (AvgIpc) is 2.27. The van der Waals surface area contributed by atoms with Gasteiger partial charge >= 0.3 is 0 Å². The SMILES string of the molecule is CCOc1ccc(NS(=O)(=O)CS(C)(=O)=O)cc1CO. The van der Waals surface area contributed by atoms with E-state index in [2.05, 4.69) is 4.72 Å². The van der Waals surface area contributed by atoms with Crippen LogP contribution in [-0.2, 0) is 26.5 Å². The van der Waals surface area contributed by atoms with Crippen LogP contribution in [0.3, 0.4) is 0 Å². The summed E-state index contributed by atoms with van der Waals surface area (Å²) in [4.78, 5) is 0. The van der Waals surface area contributed by atoms with Gasteiger partial charge in [-0.25, -0.2) is 16.8 Å². The van der Waals surface area contributed by atoms with Crippen molar-refractivity contribution in [3.63, 3.8) is 0 Å². The lowest BCUT2D eigenvalue weighted by Gasteiger charge is -2.12. The first kappa shape index (κ1) is 16.7. The normalized spacial score (nSPS) is 12.2. The molecule has 114 valence electrons. The summed E-state index contributed by atoms with van der Waals surface area (Å²) in [6.45, 7) is 1.87. The van der Waals surface area contributed by atoms with Gasteiger partial charge in [-0.15, -0.1) is 0 Å². The van der Waals surface area contributed by atoms with E-state index in [0.29, 0.717) is 17.9 Å². The summed E-state index contributed by atoms with van der Waals surface area (Å²) < 4.78 is 52.7. The van der Waals surface area contributed by atoms with E-state index < -0.39 is 24.9 Å². The number of hydrogen-bond acceptors (Lipinski definition) is 6. The Morgan fingerprint density at radius 2 is 1.90 bits per heavy atom. The number of sulfone groups is 1. The summed E-state index contributed by atoms with van der Waals surface area (Å²) in [5.41, 5.74) is 0.576. The lowest BCUT2D eigenvalue weighted by atomic mass is 10.2. The molecule has 0 radical (unpaired) electrons.